The first kappa shape index (κ1) is 20.0. The van der Waals surface area contributed by atoms with Gasteiger partial charge in [0.2, 0.25) is 5.95 Å². The van der Waals surface area contributed by atoms with Gasteiger partial charge in [-0.2, -0.15) is 11.8 Å². The van der Waals surface area contributed by atoms with Crippen molar-refractivity contribution in [3.8, 4) is 17.0 Å². The van der Waals surface area contributed by atoms with E-state index in [1.807, 2.05) is 6.92 Å². The van der Waals surface area contributed by atoms with Crippen molar-refractivity contribution in [3.05, 3.63) is 65.6 Å². The Labute approximate surface area is 165 Å². The van der Waals surface area contributed by atoms with Crippen LogP contribution < -0.4 is 10.1 Å². The quantitative estimate of drug-likeness (QED) is 0.557. The van der Waals surface area contributed by atoms with E-state index in [0.29, 0.717) is 11.4 Å². The Morgan fingerprint density at radius 1 is 1.07 bits per heavy atom. The molecule has 3 rings (SSSR count). The van der Waals surface area contributed by atoms with Crippen molar-refractivity contribution in [2.24, 2.45) is 0 Å². The van der Waals surface area contributed by atoms with Crippen LogP contribution in [0.5, 0.6) is 5.75 Å². The van der Waals surface area contributed by atoms with Crippen LogP contribution in [0.1, 0.15) is 12.5 Å². The van der Waals surface area contributed by atoms with Gasteiger partial charge >= 0.3 is 0 Å². The molecule has 8 heteroatoms. The highest BCUT2D eigenvalue weighted by molar-refractivity contribution is 7.98. The average molecular weight is 405 g/mol. The number of nitrogens with zero attached hydrogens (tertiary/aromatic N) is 2. The Balaban J connectivity index is 1.93. The van der Waals surface area contributed by atoms with Crippen LogP contribution in [0.4, 0.5) is 24.8 Å². The fourth-order valence-corrected chi connectivity index (χ4v) is 3.24. The van der Waals surface area contributed by atoms with Gasteiger partial charge in [-0.25, -0.2) is 23.1 Å². The summed E-state index contributed by atoms with van der Waals surface area (Å²) in [6.07, 6.45) is 1.00. The number of aromatic nitrogens is 2. The molecule has 1 aromatic heterocycles. The number of halogens is 3. The van der Waals surface area contributed by atoms with E-state index in [4.69, 9.17) is 4.74 Å². The summed E-state index contributed by atoms with van der Waals surface area (Å²) in [5.41, 5.74) is 1.51. The molecule has 0 atom stereocenters. The van der Waals surface area contributed by atoms with Crippen molar-refractivity contribution in [1.82, 2.24) is 9.97 Å². The molecule has 4 nitrogen and oxygen atoms in total. The molecule has 0 spiro atoms. The molecule has 1 N–H and O–H groups in total. The van der Waals surface area contributed by atoms with Crippen molar-refractivity contribution >= 4 is 23.4 Å². The number of nitrogens with one attached hydrogen (secondary N) is 1. The van der Waals surface area contributed by atoms with Crippen LogP contribution in [-0.4, -0.2) is 22.8 Å². The molecule has 2 aromatic carbocycles. The van der Waals surface area contributed by atoms with Gasteiger partial charge in [0, 0.05) is 23.1 Å². The zero-order chi connectivity index (χ0) is 20.1. The van der Waals surface area contributed by atoms with Crippen LogP contribution in [0.15, 0.2) is 42.6 Å². The second-order valence-corrected chi connectivity index (χ2v) is 7.12. The Bertz CT molecular complexity index is 985. The molecule has 0 fully saturated rings. The highest BCUT2D eigenvalue weighted by atomic mass is 32.2. The van der Waals surface area contributed by atoms with Crippen LogP contribution in [-0.2, 0) is 5.75 Å². The Kier molecular flexibility index (Phi) is 6.41. The lowest BCUT2D eigenvalue weighted by Gasteiger charge is -2.11. The van der Waals surface area contributed by atoms with Crippen LogP contribution in [0.2, 0.25) is 0 Å². The molecule has 3 aromatic rings. The third kappa shape index (κ3) is 4.75. The maximum absolute atomic E-state index is 14.3. The molecule has 0 radical (unpaired) electrons. The van der Waals surface area contributed by atoms with Gasteiger partial charge in [-0.1, -0.05) is 6.92 Å². The molecule has 28 heavy (non-hydrogen) atoms. The van der Waals surface area contributed by atoms with Gasteiger partial charge in [0.25, 0.3) is 0 Å². The fourth-order valence-electron chi connectivity index (χ4n) is 2.63. The minimum Gasteiger partial charge on any atom is -0.496 e. The number of rotatable bonds is 7. The van der Waals surface area contributed by atoms with Gasteiger partial charge < -0.3 is 10.1 Å². The van der Waals surface area contributed by atoms with Crippen molar-refractivity contribution in [2.45, 2.75) is 12.7 Å². The van der Waals surface area contributed by atoms with Gasteiger partial charge in [-0.15, -0.1) is 0 Å². The number of anilines is 2. The molecule has 0 aliphatic rings. The molecule has 0 aliphatic heterocycles. The maximum Gasteiger partial charge on any atom is 0.227 e. The summed E-state index contributed by atoms with van der Waals surface area (Å²) in [6.45, 7) is 2.03. The lowest BCUT2D eigenvalue weighted by Crippen LogP contribution is -2.02. The molecule has 0 amide bonds. The van der Waals surface area contributed by atoms with E-state index in [1.54, 1.807) is 17.8 Å². The first-order chi connectivity index (χ1) is 13.5. The van der Waals surface area contributed by atoms with Gasteiger partial charge in [0.15, 0.2) is 5.82 Å². The Morgan fingerprint density at radius 2 is 1.89 bits per heavy atom. The lowest BCUT2D eigenvalue weighted by atomic mass is 10.1. The smallest absolute Gasteiger partial charge is 0.227 e. The molecule has 0 bridgehead atoms. The summed E-state index contributed by atoms with van der Waals surface area (Å²) in [4.78, 5) is 8.08. The minimum absolute atomic E-state index is 0.0486. The van der Waals surface area contributed by atoms with Gasteiger partial charge in [-0.05, 0) is 41.6 Å². The number of ether oxygens (including phenoxy) is 1. The summed E-state index contributed by atoms with van der Waals surface area (Å²) in [7, 11) is 1.36. The van der Waals surface area contributed by atoms with E-state index < -0.39 is 11.6 Å². The maximum atomic E-state index is 14.3. The predicted molar refractivity (Wildman–Crippen MR) is 105 cm³/mol. The summed E-state index contributed by atoms with van der Waals surface area (Å²) in [5.74, 6) is 0.240. The van der Waals surface area contributed by atoms with E-state index in [0.717, 1.165) is 23.6 Å². The largest absolute Gasteiger partial charge is 0.496 e. The van der Waals surface area contributed by atoms with Gasteiger partial charge in [0.05, 0.1) is 13.3 Å². The Hall–Kier alpha value is -2.74. The standard InChI is InChI=1S/C20H18F3N3OS/c1-3-28-11-12-6-14(22)8-15(7-12)25-20-24-10-17(23)19(26-20)16-5-4-13(21)9-18(16)27-2/h4-10H,3,11H2,1-2H3,(H,24,25,26). The van der Waals surface area contributed by atoms with Crippen molar-refractivity contribution in [1.29, 1.82) is 0 Å². The number of thioether (sulfide) groups is 1. The highest BCUT2D eigenvalue weighted by Crippen LogP contribution is 2.31. The first-order valence-corrected chi connectivity index (χ1v) is 9.66. The zero-order valence-electron chi connectivity index (χ0n) is 15.3. The molecule has 0 aliphatic carbocycles. The average Bonchev–Trinajstić information content (AvgIpc) is 2.67. The second-order valence-electron chi connectivity index (χ2n) is 5.85. The van der Waals surface area contributed by atoms with E-state index in [9.17, 15) is 13.2 Å². The number of benzene rings is 2. The molecule has 0 saturated carbocycles. The van der Waals surface area contributed by atoms with Gasteiger partial charge in [-0.3, -0.25) is 0 Å². The third-order valence-corrected chi connectivity index (χ3v) is 4.80. The van der Waals surface area contributed by atoms with Crippen LogP contribution in [0.3, 0.4) is 0 Å². The van der Waals surface area contributed by atoms with Crippen molar-refractivity contribution in [2.75, 3.05) is 18.2 Å². The summed E-state index contributed by atoms with van der Waals surface area (Å²) >= 11 is 1.67. The van der Waals surface area contributed by atoms with E-state index in [1.165, 1.54) is 31.4 Å². The number of methoxy groups -OCH3 is 1. The lowest BCUT2D eigenvalue weighted by molar-refractivity contribution is 0.412. The fraction of sp³-hybridized carbons (Fsp3) is 0.200. The van der Waals surface area contributed by atoms with E-state index in [-0.39, 0.29) is 28.8 Å². The van der Waals surface area contributed by atoms with Crippen LogP contribution in [0.25, 0.3) is 11.3 Å². The molecule has 0 unspecified atom stereocenters. The monoisotopic (exact) mass is 405 g/mol. The topological polar surface area (TPSA) is 47.0 Å². The molecular formula is C20H18F3N3OS. The van der Waals surface area contributed by atoms with Crippen molar-refractivity contribution in [3.63, 3.8) is 0 Å². The minimum atomic E-state index is -0.685. The highest BCUT2D eigenvalue weighted by Gasteiger charge is 2.15. The van der Waals surface area contributed by atoms with Crippen molar-refractivity contribution < 1.29 is 17.9 Å². The third-order valence-electron chi connectivity index (χ3n) is 3.85. The van der Waals surface area contributed by atoms with Crippen LogP contribution in [0, 0.1) is 17.5 Å². The number of hydrogen-bond acceptors (Lipinski definition) is 5. The predicted octanol–water partition coefficient (Wildman–Crippen LogP) is 5.57. The summed E-state index contributed by atoms with van der Waals surface area (Å²) in [6, 6.07) is 8.28. The molecule has 1 heterocycles. The molecule has 146 valence electrons. The summed E-state index contributed by atoms with van der Waals surface area (Å²) < 4.78 is 46.8. The summed E-state index contributed by atoms with van der Waals surface area (Å²) in [5, 5.41) is 2.89. The molecule has 0 saturated heterocycles. The Morgan fingerprint density at radius 3 is 2.64 bits per heavy atom. The first-order valence-electron chi connectivity index (χ1n) is 8.51. The van der Waals surface area contributed by atoms with E-state index in [2.05, 4.69) is 15.3 Å². The van der Waals surface area contributed by atoms with E-state index >= 15 is 0 Å². The second kappa shape index (κ2) is 8.97. The van der Waals surface area contributed by atoms with Crippen LogP contribution >= 0.6 is 11.8 Å². The molecular weight excluding hydrogens is 387 g/mol. The normalized spacial score (nSPS) is 10.8. The zero-order valence-corrected chi connectivity index (χ0v) is 16.1. The van der Waals surface area contributed by atoms with Gasteiger partial charge in [0.1, 0.15) is 23.1 Å². The SMILES string of the molecule is CCSCc1cc(F)cc(Nc2ncc(F)c(-c3ccc(F)cc3OC)n2)c1. The number of hydrogen-bond donors (Lipinski definition) is 1.